The second kappa shape index (κ2) is 8.91. The van der Waals surface area contributed by atoms with Crippen LogP contribution in [0, 0.1) is 0 Å². The van der Waals surface area contributed by atoms with Gasteiger partial charge in [0, 0.05) is 24.0 Å². The Morgan fingerprint density at radius 1 is 0.900 bits per heavy atom. The number of benzene rings is 2. The minimum Gasteiger partial charge on any atom is -0.459 e. The number of nitrogens with one attached hydrogen (secondary N) is 2. The zero-order valence-electron chi connectivity index (χ0n) is 16.2. The third-order valence-electron chi connectivity index (χ3n) is 4.16. The number of carbonyl (C=O) groups excluding carboxylic acids is 2. The van der Waals surface area contributed by atoms with Crippen molar-refractivity contribution >= 4 is 33.2 Å². The van der Waals surface area contributed by atoms with Crippen molar-refractivity contribution in [3.8, 4) is 0 Å². The molecule has 0 aliphatic carbocycles. The Labute approximate surface area is 173 Å². The summed E-state index contributed by atoms with van der Waals surface area (Å²) < 4.78 is 30.1. The Bertz CT molecular complexity index is 1120. The monoisotopic (exact) mass is 429 g/mol. The summed E-state index contributed by atoms with van der Waals surface area (Å²) in [5, 5.41) is 5.38. The maximum atomic E-state index is 12.4. The SMILES string of the molecule is CON(C)S(=O)(=O)c1ccc(C(=O)Nc2ccc(NC(=O)c3ccco3)cc2)cc1. The van der Waals surface area contributed by atoms with Crippen LogP contribution >= 0.6 is 0 Å². The minimum absolute atomic E-state index is 0.0000477. The molecule has 3 aromatic rings. The van der Waals surface area contributed by atoms with Crippen LogP contribution < -0.4 is 10.6 Å². The van der Waals surface area contributed by atoms with Gasteiger partial charge in [0.2, 0.25) is 0 Å². The first-order valence-corrected chi connectivity index (χ1v) is 10.1. The van der Waals surface area contributed by atoms with E-state index in [0.29, 0.717) is 11.4 Å². The summed E-state index contributed by atoms with van der Waals surface area (Å²) in [6.07, 6.45) is 1.41. The van der Waals surface area contributed by atoms with Crippen molar-refractivity contribution in [3.63, 3.8) is 0 Å². The van der Waals surface area contributed by atoms with Crippen molar-refractivity contribution in [3.05, 3.63) is 78.3 Å². The maximum absolute atomic E-state index is 12.4. The number of amides is 2. The Hall–Kier alpha value is -3.47. The first kappa shape index (κ1) is 21.2. The van der Waals surface area contributed by atoms with Gasteiger partial charge in [0.15, 0.2) is 5.76 Å². The van der Waals surface area contributed by atoms with Gasteiger partial charge in [0.25, 0.3) is 21.8 Å². The molecule has 0 fully saturated rings. The molecule has 0 saturated heterocycles. The van der Waals surface area contributed by atoms with Gasteiger partial charge >= 0.3 is 0 Å². The molecule has 156 valence electrons. The number of hydrogen-bond acceptors (Lipinski definition) is 6. The summed E-state index contributed by atoms with van der Waals surface area (Å²) in [4.78, 5) is 29.1. The highest BCUT2D eigenvalue weighted by molar-refractivity contribution is 7.89. The van der Waals surface area contributed by atoms with Crippen molar-refractivity contribution in [2.45, 2.75) is 4.90 Å². The minimum atomic E-state index is -3.78. The van der Waals surface area contributed by atoms with E-state index in [1.165, 1.54) is 44.7 Å². The van der Waals surface area contributed by atoms with E-state index in [9.17, 15) is 18.0 Å². The Morgan fingerprint density at radius 3 is 1.97 bits per heavy atom. The summed E-state index contributed by atoms with van der Waals surface area (Å²) in [6.45, 7) is 0. The summed E-state index contributed by atoms with van der Waals surface area (Å²) in [7, 11) is -1.27. The summed E-state index contributed by atoms with van der Waals surface area (Å²) in [5.74, 6) is -0.605. The molecule has 2 N–H and O–H groups in total. The van der Waals surface area contributed by atoms with E-state index >= 15 is 0 Å². The molecular formula is C20H19N3O6S. The summed E-state index contributed by atoms with van der Waals surface area (Å²) in [6, 6.07) is 15.1. The normalized spacial score (nSPS) is 11.3. The second-order valence-electron chi connectivity index (χ2n) is 6.08. The van der Waals surface area contributed by atoms with E-state index in [-0.39, 0.29) is 22.1 Å². The molecule has 2 aromatic carbocycles. The second-order valence-corrected chi connectivity index (χ2v) is 8.02. The smallest absolute Gasteiger partial charge is 0.291 e. The van der Waals surface area contributed by atoms with Gasteiger partial charge in [-0.3, -0.25) is 14.4 Å². The van der Waals surface area contributed by atoms with E-state index in [0.717, 1.165) is 4.47 Å². The van der Waals surface area contributed by atoms with Gasteiger partial charge in [-0.2, -0.15) is 0 Å². The van der Waals surface area contributed by atoms with Gasteiger partial charge in [-0.05, 0) is 60.7 Å². The lowest BCUT2D eigenvalue weighted by atomic mass is 10.2. The van der Waals surface area contributed by atoms with E-state index in [4.69, 9.17) is 9.25 Å². The van der Waals surface area contributed by atoms with Crippen molar-refractivity contribution < 1.29 is 27.3 Å². The molecule has 0 spiro atoms. The lowest BCUT2D eigenvalue weighted by molar-refractivity contribution is -0.0258. The van der Waals surface area contributed by atoms with E-state index < -0.39 is 15.9 Å². The zero-order chi connectivity index (χ0) is 21.7. The first-order chi connectivity index (χ1) is 14.3. The van der Waals surface area contributed by atoms with Gasteiger partial charge in [0.05, 0.1) is 18.3 Å². The molecule has 0 saturated carbocycles. The number of nitrogens with zero attached hydrogens (tertiary/aromatic N) is 1. The molecule has 9 nitrogen and oxygen atoms in total. The van der Waals surface area contributed by atoms with Gasteiger partial charge in [-0.15, -0.1) is 0 Å². The van der Waals surface area contributed by atoms with Crippen LogP contribution in [0.25, 0.3) is 0 Å². The molecule has 30 heavy (non-hydrogen) atoms. The quantitative estimate of drug-likeness (QED) is 0.558. The standard InChI is InChI=1S/C20H19N3O6S/c1-23(28-2)30(26,27)17-11-5-14(6-12-17)19(24)21-15-7-9-16(10-8-15)22-20(25)18-4-3-13-29-18/h3-13H,1-2H3,(H,21,24)(H,22,25). The van der Waals surface area contributed by atoms with Crippen LogP contribution in [0.1, 0.15) is 20.9 Å². The van der Waals surface area contributed by atoms with Crippen LogP contribution in [0.5, 0.6) is 0 Å². The van der Waals surface area contributed by atoms with Crippen molar-refractivity contribution in [2.24, 2.45) is 0 Å². The summed E-state index contributed by atoms with van der Waals surface area (Å²) >= 11 is 0. The lowest BCUT2D eigenvalue weighted by Crippen LogP contribution is -2.25. The van der Waals surface area contributed by atoms with Gasteiger partial charge < -0.3 is 15.1 Å². The zero-order valence-corrected chi connectivity index (χ0v) is 17.0. The van der Waals surface area contributed by atoms with E-state index in [2.05, 4.69) is 10.6 Å². The number of sulfonamides is 1. The molecule has 0 atom stereocenters. The molecule has 1 aromatic heterocycles. The fourth-order valence-electron chi connectivity index (χ4n) is 2.47. The third kappa shape index (κ3) is 4.74. The maximum Gasteiger partial charge on any atom is 0.291 e. The average Bonchev–Trinajstić information content (AvgIpc) is 3.29. The van der Waals surface area contributed by atoms with E-state index in [1.54, 1.807) is 36.4 Å². The molecule has 10 heteroatoms. The van der Waals surface area contributed by atoms with Gasteiger partial charge in [0.1, 0.15) is 0 Å². The highest BCUT2D eigenvalue weighted by atomic mass is 32.2. The highest BCUT2D eigenvalue weighted by Gasteiger charge is 2.21. The predicted octanol–water partition coefficient (Wildman–Crippen LogP) is 2.97. The van der Waals surface area contributed by atoms with Crippen LogP contribution in [0.3, 0.4) is 0 Å². The fraction of sp³-hybridized carbons (Fsp3) is 0.100. The number of anilines is 2. The molecule has 0 bridgehead atoms. The van der Waals surface area contributed by atoms with Gasteiger partial charge in [-0.1, -0.05) is 4.47 Å². The Balaban J connectivity index is 1.64. The molecular weight excluding hydrogens is 410 g/mol. The number of carbonyl (C=O) groups is 2. The lowest BCUT2D eigenvalue weighted by Gasteiger charge is -2.14. The molecule has 1 heterocycles. The Morgan fingerprint density at radius 2 is 1.47 bits per heavy atom. The van der Waals surface area contributed by atoms with Crippen LogP contribution in [0.15, 0.2) is 76.2 Å². The van der Waals surface area contributed by atoms with Crippen LogP contribution in [-0.2, 0) is 14.9 Å². The average molecular weight is 429 g/mol. The molecule has 0 aliphatic rings. The molecule has 0 unspecified atom stereocenters. The van der Waals surface area contributed by atoms with Crippen molar-refractivity contribution in [1.29, 1.82) is 0 Å². The third-order valence-corrected chi connectivity index (χ3v) is 5.85. The molecule has 3 rings (SSSR count). The topological polar surface area (TPSA) is 118 Å². The van der Waals surface area contributed by atoms with Crippen molar-refractivity contribution in [1.82, 2.24) is 4.47 Å². The molecule has 0 aliphatic heterocycles. The predicted molar refractivity (Wildman–Crippen MR) is 109 cm³/mol. The van der Waals surface area contributed by atoms with E-state index in [1.807, 2.05) is 0 Å². The van der Waals surface area contributed by atoms with Gasteiger partial charge in [-0.25, -0.2) is 8.42 Å². The molecule has 0 radical (unpaired) electrons. The Kier molecular flexibility index (Phi) is 6.31. The van der Waals surface area contributed by atoms with Crippen molar-refractivity contribution in [2.75, 3.05) is 24.8 Å². The number of hydrogen-bond donors (Lipinski definition) is 2. The fourth-order valence-corrected chi connectivity index (χ4v) is 3.44. The largest absolute Gasteiger partial charge is 0.459 e. The first-order valence-electron chi connectivity index (χ1n) is 8.70. The van der Waals surface area contributed by atoms with Crippen LogP contribution in [0.2, 0.25) is 0 Å². The summed E-state index contributed by atoms with van der Waals surface area (Å²) in [5.41, 5.74) is 1.32. The number of furan rings is 1. The number of hydroxylamine groups is 1. The number of rotatable bonds is 7. The molecule has 2 amide bonds. The highest BCUT2D eigenvalue weighted by Crippen LogP contribution is 2.18. The van der Waals surface area contributed by atoms with Crippen LogP contribution in [-0.4, -0.2) is 38.9 Å². The van der Waals surface area contributed by atoms with Crippen LogP contribution in [0.4, 0.5) is 11.4 Å².